The van der Waals surface area contributed by atoms with E-state index in [0.29, 0.717) is 5.56 Å². The van der Waals surface area contributed by atoms with E-state index in [1.807, 2.05) is 30.3 Å². The third-order valence-electron chi connectivity index (χ3n) is 4.71. The first kappa shape index (κ1) is 19.5. The van der Waals surface area contributed by atoms with Gasteiger partial charge in [-0.15, -0.1) is 0 Å². The van der Waals surface area contributed by atoms with Crippen molar-refractivity contribution in [3.63, 3.8) is 0 Å². The van der Waals surface area contributed by atoms with Crippen LogP contribution in [0.5, 0.6) is 0 Å². The van der Waals surface area contributed by atoms with Crippen molar-refractivity contribution in [2.24, 2.45) is 0 Å². The van der Waals surface area contributed by atoms with Gasteiger partial charge in [0.05, 0.1) is 4.90 Å². The predicted octanol–water partition coefficient (Wildman–Crippen LogP) is 2.21. The first-order chi connectivity index (χ1) is 13.0. The standard InChI is InChI=1S/C20H25N3O3S/c1-15(16-6-3-2-4-7-16)23-27(25,26)19-9-5-8-17(14-19)20(24)22-18-10-12-21-13-11-18/h2-9,14-15,18,21,23H,10-13H2,1H3,(H,22,24). The van der Waals surface area contributed by atoms with Crippen LogP contribution in [-0.4, -0.2) is 33.5 Å². The van der Waals surface area contributed by atoms with Gasteiger partial charge in [-0.2, -0.15) is 0 Å². The second kappa shape index (κ2) is 8.65. The molecule has 2 aromatic rings. The van der Waals surface area contributed by atoms with Crippen LogP contribution in [0.25, 0.3) is 0 Å². The van der Waals surface area contributed by atoms with Gasteiger partial charge in [-0.3, -0.25) is 4.79 Å². The fraction of sp³-hybridized carbons (Fsp3) is 0.350. The maximum atomic E-state index is 12.7. The Balaban J connectivity index is 1.72. The summed E-state index contributed by atoms with van der Waals surface area (Å²) in [5, 5.41) is 6.24. The van der Waals surface area contributed by atoms with E-state index in [1.165, 1.54) is 12.1 Å². The monoisotopic (exact) mass is 387 g/mol. The topological polar surface area (TPSA) is 87.3 Å². The van der Waals surface area contributed by atoms with Crippen LogP contribution in [0, 0.1) is 0 Å². The number of piperidine rings is 1. The summed E-state index contributed by atoms with van der Waals surface area (Å²) < 4.78 is 28.1. The molecule has 144 valence electrons. The summed E-state index contributed by atoms with van der Waals surface area (Å²) in [5.74, 6) is -0.241. The van der Waals surface area contributed by atoms with Crippen LogP contribution in [0.15, 0.2) is 59.5 Å². The average molecular weight is 388 g/mol. The Morgan fingerprint density at radius 3 is 2.48 bits per heavy atom. The molecule has 27 heavy (non-hydrogen) atoms. The third kappa shape index (κ3) is 5.15. The van der Waals surface area contributed by atoms with Crippen molar-refractivity contribution in [2.75, 3.05) is 13.1 Å². The Hall–Kier alpha value is -2.22. The maximum Gasteiger partial charge on any atom is 0.251 e. The van der Waals surface area contributed by atoms with Crippen molar-refractivity contribution in [1.82, 2.24) is 15.4 Å². The van der Waals surface area contributed by atoms with Crippen LogP contribution >= 0.6 is 0 Å². The molecule has 1 amide bonds. The number of hydrogen-bond acceptors (Lipinski definition) is 4. The molecule has 3 rings (SSSR count). The van der Waals surface area contributed by atoms with Crippen LogP contribution in [-0.2, 0) is 10.0 Å². The van der Waals surface area contributed by atoms with Gasteiger partial charge in [-0.05, 0) is 56.6 Å². The molecule has 6 nitrogen and oxygen atoms in total. The molecule has 1 fully saturated rings. The highest BCUT2D eigenvalue weighted by Crippen LogP contribution is 2.18. The zero-order chi connectivity index (χ0) is 19.3. The fourth-order valence-electron chi connectivity index (χ4n) is 3.15. The molecule has 0 bridgehead atoms. The molecule has 7 heteroatoms. The normalized spacial score (nSPS) is 16.6. The van der Waals surface area contributed by atoms with Gasteiger partial charge in [0, 0.05) is 17.6 Å². The summed E-state index contributed by atoms with van der Waals surface area (Å²) >= 11 is 0. The van der Waals surface area contributed by atoms with Gasteiger partial charge in [0.15, 0.2) is 0 Å². The van der Waals surface area contributed by atoms with Gasteiger partial charge in [0.2, 0.25) is 10.0 Å². The fourth-order valence-corrected chi connectivity index (χ4v) is 4.43. The van der Waals surface area contributed by atoms with Crippen LogP contribution in [0.3, 0.4) is 0 Å². The third-order valence-corrected chi connectivity index (χ3v) is 6.25. The van der Waals surface area contributed by atoms with Gasteiger partial charge >= 0.3 is 0 Å². The minimum Gasteiger partial charge on any atom is -0.349 e. The van der Waals surface area contributed by atoms with Crippen molar-refractivity contribution in [3.05, 3.63) is 65.7 Å². The summed E-state index contributed by atoms with van der Waals surface area (Å²) in [7, 11) is -3.74. The van der Waals surface area contributed by atoms with E-state index in [1.54, 1.807) is 19.1 Å². The Kier molecular flexibility index (Phi) is 6.26. The predicted molar refractivity (Wildman–Crippen MR) is 105 cm³/mol. The number of nitrogens with one attached hydrogen (secondary N) is 3. The number of benzene rings is 2. The lowest BCUT2D eigenvalue weighted by Gasteiger charge is -2.23. The van der Waals surface area contributed by atoms with Crippen LogP contribution in [0.2, 0.25) is 0 Å². The van der Waals surface area contributed by atoms with E-state index in [2.05, 4.69) is 15.4 Å². The van der Waals surface area contributed by atoms with Gasteiger partial charge in [0.1, 0.15) is 0 Å². The molecule has 1 unspecified atom stereocenters. The number of rotatable bonds is 6. The van der Waals surface area contributed by atoms with Gasteiger partial charge in [-0.25, -0.2) is 13.1 Å². The molecule has 0 spiro atoms. The van der Waals surface area contributed by atoms with Crippen LogP contribution < -0.4 is 15.4 Å². The Morgan fingerprint density at radius 1 is 1.07 bits per heavy atom. The number of sulfonamides is 1. The van der Waals surface area contributed by atoms with Gasteiger partial charge in [-0.1, -0.05) is 36.4 Å². The number of carbonyl (C=O) groups is 1. The SMILES string of the molecule is CC(NS(=O)(=O)c1cccc(C(=O)NC2CCNCC2)c1)c1ccccc1. The van der Waals surface area contributed by atoms with E-state index in [-0.39, 0.29) is 22.9 Å². The average Bonchev–Trinajstić information content (AvgIpc) is 2.69. The lowest BCUT2D eigenvalue weighted by Crippen LogP contribution is -2.42. The van der Waals surface area contributed by atoms with E-state index >= 15 is 0 Å². The summed E-state index contributed by atoms with van der Waals surface area (Å²) in [5.41, 5.74) is 1.23. The second-order valence-electron chi connectivity index (χ2n) is 6.78. The zero-order valence-corrected chi connectivity index (χ0v) is 16.1. The second-order valence-corrected chi connectivity index (χ2v) is 8.49. The van der Waals surface area contributed by atoms with Crippen molar-refractivity contribution < 1.29 is 13.2 Å². The molecule has 1 heterocycles. The van der Waals surface area contributed by atoms with Crippen LogP contribution in [0.1, 0.15) is 41.7 Å². The van der Waals surface area contributed by atoms with Crippen molar-refractivity contribution >= 4 is 15.9 Å². The molecule has 0 aliphatic carbocycles. The largest absolute Gasteiger partial charge is 0.349 e. The van der Waals surface area contributed by atoms with Gasteiger partial charge < -0.3 is 10.6 Å². The maximum absolute atomic E-state index is 12.7. The first-order valence-electron chi connectivity index (χ1n) is 9.14. The Bertz CT molecular complexity index is 878. The summed E-state index contributed by atoms with van der Waals surface area (Å²) in [6.45, 7) is 3.54. The summed E-state index contributed by atoms with van der Waals surface area (Å²) in [4.78, 5) is 12.6. The highest BCUT2D eigenvalue weighted by molar-refractivity contribution is 7.89. The molecule has 3 N–H and O–H groups in total. The summed E-state index contributed by atoms with van der Waals surface area (Å²) in [6, 6.07) is 15.3. The number of carbonyl (C=O) groups excluding carboxylic acids is 1. The molecule has 2 aromatic carbocycles. The lowest BCUT2D eigenvalue weighted by atomic mass is 10.1. The quantitative estimate of drug-likeness (QED) is 0.709. The molecule has 1 atom stereocenters. The summed E-state index contributed by atoms with van der Waals surface area (Å²) in [6.07, 6.45) is 1.75. The molecule has 1 saturated heterocycles. The molecular weight excluding hydrogens is 362 g/mol. The number of amides is 1. The van der Waals surface area contributed by atoms with Crippen molar-refractivity contribution in [2.45, 2.75) is 36.7 Å². The highest BCUT2D eigenvalue weighted by Gasteiger charge is 2.21. The number of hydrogen-bond donors (Lipinski definition) is 3. The minimum atomic E-state index is -3.74. The van der Waals surface area contributed by atoms with Gasteiger partial charge in [0.25, 0.3) is 5.91 Å². The lowest BCUT2D eigenvalue weighted by molar-refractivity contribution is 0.0929. The molecule has 0 radical (unpaired) electrons. The minimum absolute atomic E-state index is 0.0863. The Labute approximate surface area is 160 Å². The molecule has 1 aliphatic heterocycles. The molecule has 0 saturated carbocycles. The van der Waals surface area contributed by atoms with E-state index in [4.69, 9.17) is 0 Å². The van der Waals surface area contributed by atoms with E-state index in [0.717, 1.165) is 31.5 Å². The van der Waals surface area contributed by atoms with Crippen molar-refractivity contribution in [3.8, 4) is 0 Å². The van der Waals surface area contributed by atoms with E-state index in [9.17, 15) is 13.2 Å². The molecule has 0 aromatic heterocycles. The smallest absolute Gasteiger partial charge is 0.251 e. The first-order valence-corrected chi connectivity index (χ1v) is 10.6. The van der Waals surface area contributed by atoms with E-state index < -0.39 is 10.0 Å². The Morgan fingerprint density at radius 2 is 1.78 bits per heavy atom. The van der Waals surface area contributed by atoms with Crippen molar-refractivity contribution in [1.29, 1.82) is 0 Å². The van der Waals surface area contributed by atoms with Crippen LogP contribution in [0.4, 0.5) is 0 Å². The molecule has 1 aliphatic rings. The molecular formula is C20H25N3O3S. The highest BCUT2D eigenvalue weighted by atomic mass is 32.2. The zero-order valence-electron chi connectivity index (χ0n) is 15.3.